The Kier molecular flexibility index (Phi) is 13.5. The minimum atomic E-state index is 0.755. The van der Waals surface area contributed by atoms with Crippen LogP contribution in [0.1, 0.15) is 126 Å². The van der Waals surface area contributed by atoms with Gasteiger partial charge in [-0.1, -0.05) is 97.0 Å². The Bertz CT molecular complexity index is 1470. The van der Waals surface area contributed by atoms with Crippen LogP contribution < -0.4 is 9.47 Å². The van der Waals surface area contributed by atoms with Crippen molar-refractivity contribution < 1.29 is 9.47 Å². The molecule has 0 spiro atoms. The summed E-state index contributed by atoms with van der Waals surface area (Å²) in [7, 11) is 0. The van der Waals surface area contributed by atoms with E-state index in [0.29, 0.717) is 0 Å². The lowest BCUT2D eigenvalue weighted by molar-refractivity contribution is 0.304. The van der Waals surface area contributed by atoms with Gasteiger partial charge < -0.3 is 9.47 Å². The predicted molar refractivity (Wildman–Crippen MR) is 192 cm³/mol. The molecule has 0 saturated heterocycles. The van der Waals surface area contributed by atoms with Crippen molar-refractivity contribution in [2.45, 2.75) is 117 Å². The molecule has 5 rings (SSSR count). The molecule has 0 fully saturated rings. The maximum absolute atomic E-state index is 6.54. The summed E-state index contributed by atoms with van der Waals surface area (Å²) in [6, 6.07) is 17.6. The number of pyridine rings is 2. The smallest absolute Gasteiger partial charge is 0.127 e. The molecule has 0 saturated carbocycles. The van der Waals surface area contributed by atoms with Crippen LogP contribution in [0.25, 0.3) is 22.3 Å². The van der Waals surface area contributed by atoms with Crippen molar-refractivity contribution in [2.75, 3.05) is 13.2 Å². The Labute approximate surface area is 278 Å². The molecule has 244 valence electrons. The first-order chi connectivity index (χ1) is 22.8. The van der Waals surface area contributed by atoms with E-state index in [4.69, 9.17) is 9.47 Å². The van der Waals surface area contributed by atoms with Gasteiger partial charge in [-0.2, -0.15) is 0 Å². The zero-order chi connectivity index (χ0) is 31.8. The predicted octanol–water partition coefficient (Wildman–Crippen LogP) is 11.6. The van der Waals surface area contributed by atoms with E-state index in [1.807, 2.05) is 24.8 Å². The van der Waals surface area contributed by atoms with Gasteiger partial charge in [-0.05, 0) is 102 Å². The van der Waals surface area contributed by atoms with Gasteiger partial charge in [0.25, 0.3) is 0 Å². The van der Waals surface area contributed by atoms with Gasteiger partial charge in [-0.3, -0.25) is 9.97 Å². The Morgan fingerprint density at radius 1 is 0.500 bits per heavy atom. The van der Waals surface area contributed by atoms with Crippen molar-refractivity contribution in [1.29, 1.82) is 0 Å². The third-order valence-corrected chi connectivity index (χ3v) is 9.39. The first-order valence-corrected chi connectivity index (χ1v) is 18.2. The number of aromatic nitrogens is 2. The number of hydrogen-bond acceptors (Lipinski definition) is 4. The molecule has 4 nitrogen and oxygen atoms in total. The highest BCUT2D eigenvalue weighted by Gasteiger charge is 2.24. The van der Waals surface area contributed by atoms with Crippen LogP contribution in [0.4, 0.5) is 0 Å². The molecular formula is C42H54N2O2. The molecule has 0 bridgehead atoms. The van der Waals surface area contributed by atoms with Gasteiger partial charge >= 0.3 is 0 Å². The normalized spacial score (nSPS) is 12.0. The maximum atomic E-state index is 6.54. The van der Waals surface area contributed by atoms with Crippen molar-refractivity contribution in [3.8, 4) is 33.8 Å². The van der Waals surface area contributed by atoms with E-state index in [0.717, 1.165) is 61.5 Å². The van der Waals surface area contributed by atoms with E-state index < -0.39 is 0 Å². The first kappa shape index (κ1) is 33.7. The number of nitrogens with zero attached hydrogens (tertiary/aromatic N) is 2. The van der Waals surface area contributed by atoms with Crippen LogP contribution in [0.15, 0.2) is 73.3 Å². The third kappa shape index (κ3) is 9.44. The zero-order valence-corrected chi connectivity index (χ0v) is 28.4. The molecule has 2 aromatic heterocycles. The SMILES string of the molecule is CCCCCCCCCCOc1cc2c(cc1-c1ccncc1)Cc1c(ccc(OCCCCCCCC)c1-c1ccncc1)C2. The molecule has 0 amide bonds. The van der Waals surface area contributed by atoms with E-state index in [2.05, 4.69) is 72.3 Å². The lowest BCUT2D eigenvalue weighted by Crippen LogP contribution is -2.12. The largest absolute Gasteiger partial charge is 0.493 e. The lowest BCUT2D eigenvalue weighted by Gasteiger charge is -2.26. The van der Waals surface area contributed by atoms with Gasteiger partial charge in [0.15, 0.2) is 0 Å². The molecule has 0 N–H and O–H groups in total. The van der Waals surface area contributed by atoms with Crippen LogP contribution in [0.5, 0.6) is 11.5 Å². The van der Waals surface area contributed by atoms with Gasteiger partial charge in [-0.15, -0.1) is 0 Å². The van der Waals surface area contributed by atoms with E-state index in [1.165, 1.54) is 110 Å². The second-order valence-electron chi connectivity index (χ2n) is 13.0. The Morgan fingerprint density at radius 3 is 1.63 bits per heavy atom. The van der Waals surface area contributed by atoms with Gasteiger partial charge in [-0.25, -0.2) is 0 Å². The first-order valence-electron chi connectivity index (χ1n) is 18.2. The molecule has 0 aliphatic heterocycles. The summed E-state index contributed by atoms with van der Waals surface area (Å²) in [6.07, 6.45) is 27.2. The Balaban J connectivity index is 1.34. The second-order valence-corrected chi connectivity index (χ2v) is 13.0. The average Bonchev–Trinajstić information content (AvgIpc) is 3.10. The van der Waals surface area contributed by atoms with Crippen LogP contribution in [0.2, 0.25) is 0 Å². The maximum Gasteiger partial charge on any atom is 0.127 e. The monoisotopic (exact) mass is 618 g/mol. The number of rotatable bonds is 20. The van der Waals surface area contributed by atoms with Gasteiger partial charge in [0.05, 0.1) is 13.2 Å². The standard InChI is InChI=1S/C42H54N2O2/c1-3-5-7-9-11-12-14-16-28-46-41-32-36-29-35-17-18-40(45-27-15-13-10-8-6-4-2)42(34-21-25-44-26-22-34)39(35)31-37(36)30-38(41)33-19-23-43-24-20-33/h17-26,30,32H,3-16,27-29,31H2,1-2H3. The van der Waals surface area contributed by atoms with Crippen molar-refractivity contribution in [3.05, 3.63) is 95.6 Å². The van der Waals surface area contributed by atoms with Crippen molar-refractivity contribution in [2.24, 2.45) is 0 Å². The van der Waals surface area contributed by atoms with E-state index in [9.17, 15) is 0 Å². The fourth-order valence-electron chi connectivity index (χ4n) is 6.74. The highest BCUT2D eigenvalue weighted by molar-refractivity contribution is 5.78. The molecule has 0 atom stereocenters. The molecular weight excluding hydrogens is 564 g/mol. The second kappa shape index (κ2) is 18.5. The highest BCUT2D eigenvalue weighted by Crippen LogP contribution is 2.43. The van der Waals surface area contributed by atoms with Crippen LogP contribution in [-0.4, -0.2) is 23.2 Å². The molecule has 4 aromatic rings. The summed E-state index contributed by atoms with van der Waals surface area (Å²) >= 11 is 0. The summed E-state index contributed by atoms with van der Waals surface area (Å²) in [4.78, 5) is 8.59. The number of hydrogen-bond donors (Lipinski definition) is 0. The Hall–Kier alpha value is -3.66. The molecule has 2 heterocycles. The molecule has 2 aromatic carbocycles. The molecule has 0 radical (unpaired) electrons. The van der Waals surface area contributed by atoms with Crippen molar-refractivity contribution in [1.82, 2.24) is 9.97 Å². The Morgan fingerprint density at radius 2 is 1.02 bits per heavy atom. The number of unbranched alkanes of at least 4 members (excludes halogenated alkanes) is 12. The number of fused-ring (bicyclic) bond motifs is 2. The van der Waals surface area contributed by atoms with Gasteiger partial charge in [0.1, 0.15) is 11.5 Å². The van der Waals surface area contributed by atoms with Gasteiger partial charge in [0.2, 0.25) is 0 Å². The highest BCUT2D eigenvalue weighted by atomic mass is 16.5. The quantitative estimate of drug-likeness (QED) is 0.0814. The van der Waals surface area contributed by atoms with Crippen LogP contribution in [0.3, 0.4) is 0 Å². The lowest BCUT2D eigenvalue weighted by atomic mass is 9.80. The molecule has 1 aliphatic carbocycles. The topological polar surface area (TPSA) is 44.2 Å². The average molecular weight is 619 g/mol. The molecule has 46 heavy (non-hydrogen) atoms. The summed E-state index contributed by atoms with van der Waals surface area (Å²) in [5.74, 6) is 1.98. The molecule has 0 unspecified atom stereocenters. The summed E-state index contributed by atoms with van der Waals surface area (Å²) in [5.41, 5.74) is 10.2. The van der Waals surface area contributed by atoms with E-state index in [-0.39, 0.29) is 0 Å². The van der Waals surface area contributed by atoms with Crippen molar-refractivity contribution in [3.63, 3.8) is 0 Å². The van der Waals surface area contributed by atoms with E-state index >= 15 is 0 Å². The third-order valence-electron chi connectivity index (χ3n) is 9.39. The van der Waals surface area contributed by atoms with Crippen LogP contribution in [0, 0.1) is 0 Å². The van der Waals surface area contributed by atoms with E-state index in [1.54, 1.807) is 0 Å². The summed E-state index contributed by atoms with van der Waals surface area (Å²) in [6.45, 7) is 6.06. The fraction of sp³-hybridized carbons (Fsp3) is 0.476. The zero-order valence-electron chi connectivity index (χ0n) is 28.4. The van der Waals surface area contributed by atoms with Gasteiger partial charge in [0, 0.05) is 35.9 Å². The summed E-state index contributed by atoms with van der Waals surface area (Å²) < 4.78 is 13.1. The fourth-order valence-corrected chi connectivity index (χ4v) is 6.74. The number of benzene rings is 2. The minimum absolute atomic E-state index is 0.755. The summed E-state index contributed by atoms with van der Waals surface area (Å²) in [5, 5.41) is 0. The van der Waals surface area contributed by atoms with Crippen LogP contribution >= 0.6 is 0 Å². The number of ether oxygens (including phenoxy) is 2. The molecule has 4 heteroatoms. The molecule has 1 aliphatic rings. The van der Waals surface area contributed by atoms with Crippen LogP contribution in [-0.2, 0) is 12.8 Å². The van der Waals surface area contributed by atoms with Crippen molar-refractivity contribution >= 4 is 0 Å². The minimum Gasteiger partial charge on any atom is -0.493 e.